The van der Waals surface area contributed by atoms with Crippen LogP contribution in [0.2, 0.25) is 0 Å². The van der Waals surface area contributed by atoms with E-state index in [-0.39, 0.29) is 11.8 Å². The average Bonchev–Trinajstić information content (AvgIpc) is 2.12. The summed E-state index contributed by atoms with van der Waals surface area (Å²) >= 11 is 0. The molecule has 3 nitrogen and oxygen atoms in total. The molecule has 0 aliphatic carbocycles. The molecule has 76 valence electrons. The zero-order chi connectivity index (χ0) is 10.3. The lowest BCUT2D eigenvalue weighted by Gasteiger charge is -2.22. The number of nitrogens with two attached hydrogens (primary N) is 1. The first-order chi connectivity index (χ1) is 6.50. The van der Waals surface area contributed by atoms with Crippen molar-refractivity contribution in [3.8, 4) is 0 Å². The highest BCUT2D eigenvalue weighted by Crippen LogP contribution is 2.30. The molecular weight excluding hydrogens is 198 g/mol. The van der Waals surface area contributed by atoms with Crippen molar-refractivity contribution in [1.29, 1.82) is 0 Å². The number of rotatable bonds is 0. The Balaban J connectivity index is 2.69. The van der Waals surface area contributed by atoms with Crippen LogP contribution < -0.4 is 5.73 Å². The lowest BCUT2D eigenvalue weighted by Crippen LogP contribution is -2.24. The average molecular weight is 211 g/mol. The van der Waals surface area contributed by atoms with Crippen molar-refractivity contribution in [2.45, 2.75) is 24.3 Å². The van der Waals surface area contributed by atoms with E-state index in [9.17, 15) is 8.42 Å². The highest BCUT2D eigenvalue weighted by Gasteiger charge is 2.27. The van der Waals surface area contributed by atoms with Gasteiger partial charge in [-0.25, -0.2) is 8.42 Å². The van der Waals surface area contributed by atoms with Crippen molar-refractivity contribution in [1.82, 2.24) is 0 Å². The summed E-state index contributed by atoms with van der Waals surface area (Å²) in [6.45, 7) is 1.94. The molecule has 0 radical (unpaired) electrons. The van der Waals surface area contributed by atoms with Crippen molar-refractivity contribution in [3.63, 3.8) is 0 Å². The minimum Gasteiger partial charge on any atom is -0.324 e. The molecule has 2 rings (SSSR count). The van der Waals surface area contributed by atoms with Crippen LogP contribution in [0.3, 0.4) is 0 Å². The molecule has 1 atom stereocenters. The Bertz CT molecular complexity index is 465. The summed E-state index contributed by atoms with van der Waals surface area (Å²) in [5, 5.41) is 0. The van der Waals surface area contributed by atoms with Crippen LogP contribution in [-0.2, 0) is 9.84 Å². The lowest BCUT2D eigenvalue weighted by atomic mass is 10.0. The lowest BCUT2D eigenvalue weighted by molar-refractivity contribution is 0.568. The molecular formula is C10H13NO2S. The van der Waals surface area contributed by atoms with Gasteiger partial charge in [-0.1, -0.05) is 17.7 Å². The van der Waals surface area contributed by atoms with Crippen LogP contribution in [0, 0.1) is 6.92 Å². The minimum absolute atomic E-state index is 0.131. The van der Waals surface area contributed by atoms with E-state index in [0.29, 0.717) is 11.3 Å². The van der Waals surface area contributed by atoms with Gasteiger partial charge < -0.3 is 5.73 Å². The summed E-state index contributed by atoms with van der Waals surface area (Å²) in [5.74, 6) is 0.171. The van der Waals surface area contributed by atoms with Crippen LogP contribution in [0.5, 0.6) is 0 Å². The summed E-state index contributed by atoms with van der Waals surface area (Å²) in [6.07, 6.45) is 0.527. The maximum absolute atomic E-state index is 11.7. The number of sulfone groups is 1. The van der Waals surface area contributed by atoms with E-state index in [0.717, 1.165) is 11.1 Å². The zero-order valence-corrected chi connectivity index (χ0v) is 8.84. The fourth-order valence-electron chi connectivity index (χ4n) is 1.79. The third-order valence-corrected chi connectivity index (χ3v) is 4.41. The van der Waals surface area contributed by atoms with Crippen molar-refractivity contribution in [2.75, 3.05) is 5.75 Å². The fraction of sp³-hybridized carbons (Fsp3) is 0.400. The van der Waals surface area contributed by atoms with E-state index in [2.05, 4.69) is 0 Å². The van der Waals surface area contributed by atoms with Crippen molar-refractivity contribution in [3.05, 3.63) is 29.3 Å². The quantitative estimate of drug-likeness (QED) is 0.700. The predicted molar refractivity (Wildman–Crippen MR) is 54.8 cm³/mol. The first-order valence-electron chi connectivity index (χ1n) is 4.59. The van der Waals surface area contributed by atoms with E-state index in [1.165, 1.54) is 0 Å². The molecule has 0 saturated heterocycles. The normalized spacial score (nSPS) is 24.3. The molecule has 1 aliphatic heterocycles. The van der Waals surface area contributed by atoms with Gasteiger partial charge in [-0.05, 0) is 25.0 Å². The largest absolute Gasteiger partial charge is 0.324 e. The van der Waals surface area contributed by atoms with Crippen LogP contribution in [0.25, 0.3) is 0 Å². The summed E-state index contributed by atoms with van der Waals surface area (Å²) in [5.41, 5.74) is 7.70. The summed E-state index contributed by atoms with van der Waals surface area (Å²) in [7, 11) is -3.07. The van der Waals surface area contributed by atoms with Crippen molar-refractivity contribution < 1.29 is 8.42 Å². The summed E-state index contributed by atoms with van der Waals surface area (Å²) in [4.78, 5) is 0.418. The Hall–Kier alpha value is -0.870. The molecule has 1 heterocycles. The first-order valence-corrected chi connectivity index (χ1v) is 6.25. The topological polar surface area (TPSA) is 60.2 Å². The van der Waals surface area contributed by atoms with E-state index in [4.69, 9.17) is 5.73 Å². The molecule has 0 saturated carbocycles. The number of benzene rings is 1. The first kappa shape index (κ1) is 9.68. The van der Waals surface area contributed by atoms with Crippen LogP contribution in [0.1, 0.15) is 23.6 Å². The zero-order valence-electron chi connectivity index (χ0n) is 8.03. The Kier molecular flexibility index (Phi) is 2.12. The Morgan fingerprint density at radius 3 is 2.86 bits per heavy atom. The van der Waals surface area contributed by atoms with E-state index >= 15 is 0 Å². The number of aryl methyl sites for hydroxylation is 1. The van der Waals surface area contributed by atoms with Crippen LogP contribution in [-0.4, -0.2) is 14.2 Å². The Labute approximate surface area is 83.9 Å². The molecule has 4 heteroatoms. The molecule has 1 aliphatic rings. The maximum atomic E-state index is 11.7. The van der Waals surface area contributed by atoms with Gasteiger partial charge in [0.1, 0.15) is 0 Å². The molecule has 1 aromatic rings. The van der Waals surface area contributed by atoms with Gasteiger partial charge in [0.05, 0.1) is 10.6 Å². The summed E-state index contributed by atoms with van der Waals surface area (Å²) < 4.78 is 23.3. The van der Waals surface area contributed by atoms with Crippen LogP contribution in [0.15, 0.2) is 23.1 Å². The monoisotopic (exact) mass is 211 g/mol. The molecule has 2 N–H and O–H groups in total. The molecule has 0 bridgehead atoms. The van der Waals surface area contributed by atoms with Gasteiger partial charge in [-0.3, -0.25) is 0 Å². The van der Waals surface area contributed by atoms with Gasteiger partial charge >= 0.3 is 0 Å². The third kappa shape index (κ3) is 1.44. The maximum Gasteiger partial charge on any atom is 0.178 e. The Morgan fingerprint density at radius 1 is 1.43 bits per heavy atom. The molecule has 0 aromatic heterocycles. The fourth-order valence-corrected chi connectivity index (χ4v) is 3.42. The molecule has 0 spiro atoms. The van der Waals surface area contributed by atoms with Gasteiger partial charge in [-0.15, -0.1) is 0 Å². The van der Waals surface area contributed by atoms with Crippen molar-refractivity contribution in [2.24, 2.45) is 5.73 Å². The molecule has 0 fully saturated rings. The van der Waals surface area contributed by atoms with Crippen LogP contribution in [0.4, 0.5) is 0 Å². The van der Waals surface area contributed by atoms with E-state index in [1.807, 2.05) is 19.1 Å². The van der Waals surface area contributed by atoms with Crippen molar-refractivity contribution >= 4 is 9.84 Å². The van der Waals surface area contributed by atoms with E-state index < -0.39 is 9.84 Å². The number of hydrogen-bond acceptors (Lipinski definition) is 3. The number of fused-ring (bicyclic) bond motifs is 1. The minimum atomic E-state index is -3.07. The second-order valence-electron chi connectivity index (χ2n) is 3.76. The van der Waals surface area contributed by atoms with Gasteiger partial charge in [-0.2, -0.15) is 0 Å². The van der Waals surface area contributed by atoms with Gasteiger partial charge in [0, 0.05) is 6.04 Å². The molecule has 0 unspecified atom stereocenters. The predicted octanol–water partition coefficient (Wildman–Crippen LogP) is 1.17. The second kappa shape index (κ2) is 3.07. The van der Waals surface area contributed by atoms with Gasteiger partial charge in [0.25, 0.3) is 0 Å². The molecule has 1 aromatic carbocycles. The highest BCUT2D eigenvalue weighted by atomic mass is 32.2. The summed E-state index contributed by atoms with van der Waals surface area (Å²) in [6, 6.07) is 5.22. The van der Waals surface area contributed by atoms with Crippen LogP contribution >= 0.6 is 0 Å². The SMILES string of the molecule is Cc1ccc2c(c1)[C@@H](N)CCS2(=O)=O. The molecule has 0 amide bonds. The van der Waals surface area contributed by atoms with Gasteiger partial charge in [0.2, 0.25) is 0 Å². The third-order valence-electron chi connectivity index (χ3n) is 2.60. The number of hydrogen-bond donors (Lipinski definition) is 1. The van der Waals surface area contributed by atoms with E-state index in [1.54, 1.807) is 6.07 Å². The highest BCUT2D eigenvalue weighted by molar-refractivity contribution is 7.91. The van der Waals surface area contributed by atoms with Gasteiger partial charge in [0.15, 0.2) is 9.84 Å². The Morgan fingerprint density at radius 2 is 2.14 bits per heavy atom. The standard InChI is InChI=1S/C10H13NO2S/c1-7-2-3-10-8(6-7)9(11)4-5-14(10,12)13/h2-3,6,9H,4-5,11H2,1H3/t9-/m0/s1. The smallest absolute Gasteiger partial charge is 0.178 e. The molecule has 14 heavy (non-hydrogen) atoms. The second-order valence-corrected chi connectivity index (χ2v) is 5.83.